The topological polar surface area (TPSA) is 71.0 Å². The summed E-state index contributed by atoms with van der Waals surface area (Å²) in [6, 6.07) is 5.19. The fraction of sp³-hybridized carbons (Fsp3) is 0.200. The maximum absolute atomic E-state index is 8.88. The Morgan fingerprint density at radius 2 is 2.31 bits per heavy atom. The van der Waals surface area contributed by atoms with Gasteiger partial charge in [0.05, 0.1) is 12.7 Å². The van der Waals surface area contributed by atoms with Crippen molar-refractivity contribution in [1.29, 1.82) is 0 Å². The number of halogens is 1. The van der Waals surface area contributed by atoms with E-state index in [-0.39, 0.29) is 6.61 Å². The molecule has 16 heavy (non-hydrogen) atoms. The zero-order valence-electron chi connectivity index (χ0n) is 8.57. The third-order valence-corrected chi connectivity index (χ3v) is 2.32. The fourth-order valence-corrected chi connectivity index (χ4v) is 1.50. The summed E-state index contributed by atoms with van der Waals surface area (Å²) >= 11 is 5.85. The van der Waals surface area contributed by atoms with Crippen LogP contribution in [0, 0.1) is 0 Å². The zero-order chi connectivity index (χ0) is 11.5. The normalized spacial score (nSPS) is 10.4. The Kier molecular flexibility index (Phi) is 3.07. The molecule has 0 aliphatic heterocycles. The molecule has 5 nitrogen and oxygen atoms in total. The lowest BCUT2D eigenvalue weighted by Crippen LogP contribution is -1.89. The van der Waals surface area contributed by atoms with Crippen molar-refractivity contribution in [3.05, 3.63) is 29.0 Å². The van der Waals surface area contributed by atoms with E-state index >= 15 is 0 Å². The number of benzene rings is 1. The standard InChI is InChI=1S/C10H10ClN3O2/c1-16-8-4-6(11)2-3-7(8)10-12-9(5-15)13-14-10/h2-4,15H,5H2,1H3,(H,12,13,14). The molecular weight excluding hydrogens is 230 g/mol. The van der Waals surface area contributed by atoms with E-state index in [1.165, 1.54) is 0 Å². The molecule has 0 aliphatic rings. The fourth-order valence-electron chi connectivity index (χ4n) is 1.34. The van der Waals surface area contributed by atoms with Crippen LogP contribution in [0.1, 0.15) is 5.82 Å². The first-order valence-corrected chi connectivity index (χ1v) is 4.98. The van der Waals surface area contributed by atoms with E-state index in [1.807, 2.05) is 0 Å². The van der Waals surface area contributed by atoms with Gasteiger partial charge < -0.3 is 9.84 Å². The van der Waals surface area contributed by atoms with Crippen LogP contribution in [0.4, 0.5) is 0 Å². The molecule has 1 heterocycles. The minimum absolute atomic E-state index is 0.178. The molecule has 0 amide bonds. The molecule has 1 aromatic heterocycles. The number of rotatable bonds is 3. The van der Waals surface area contributed by atoms with E-state index in [1.54, 1.807) is 25.3 Å². The van der Waals surface area contributed by atoms with Crippen LogP contribution in [-0.2, 0) is 6.61 Å². The number of aliphatic hydroxyl groups is 1. The summed E-state index contributed by atoms with van der Waals surface area (Å²) in [6.45, 7) is -0.178. The number of H-pyrrole nitrogens is 1. The lowest BCUT2D eigenvalue weighted by Gasteiger charge is -2.05. The van der Waals surface area contributed by atoms with Crippen LogP contribution in [0.2, 0.25) is 5.02 Å². The van der Waals surface area contributed by atoms with E-state index in [0.717, 1.165) is 5.56 Å². The molecule has 0 spiro atoms. The highest BCUT2D eigenvalue weighted by atomic mass is 35.5. The molecule has 0 fully saturated rings. The van der Waals surface area contributed by atoms with Crippen molar-refractivity contribution >= 4 is 11.6 Å². The van der Waals surface area contributed by atoms with Gasteiger partial charge in [-0.3, -0.25) is 5.10 Å². The summed E-state index contributed by atoms with van der Waals surface area (Å²) in [5.74, 6) is 1.47. The van der Waals surface area contributed by atoms with Crippen molar-refractivity contribution in [3.8, 4) is 17.1 Å². The second-order valence-electron chi connectivity index (χ2n) is 3.11. The Hall–Kier alpha value is -1.59. The van der Waals surface area contributed by atoms with Crippen LogP contribution < -0.4 is 4.74 Å². The summed E-state index contributed by atoms with van der Waals surface area (Å²) in [5, 5.41) is 16.1. The largest absolute Gasteiger partial charge is 0.496 e. The highest BCUT2D eigenvalue weighted by molar-refractivity contribution is 6.30. The predicted molar refractivity (Wildman–Crippen MR) is 59.3 cm³/mol. The van der Waals surface area contributed by atoms with Gasteiger partial charge in [0.25, 0.3) is 0 Å². The van der Waals surface area contributed by atoms with Gasteiger partial charge in [0.1, 0.15) is 12.4 Å². The third-order valence-electron chi connectivity index (χ3n) is 2.09. The van der Waals surface area contributed by atoms with Gasteiger partial charge in [0.2, 0.25) is 0 Å². The number of hydrogen-bond donors (Lipinski definition) is 2. The van der Waals surface area contributed by atoms with Gasteiger partial charge >= 0.3 is 0 Å². The van der Waals surface area contributed by atoms with Gasteiger partial charge in [-0.25, -0.2) is 4.98 Å². The first-order chi connectivity index (χ1) is 7.74. The molecule has 2 rings (SSSR count). The number of aromatic amines is 1. The van der Waals surface area contributed by atoms with Crippen molar-refractivity contribution in [2.24, 2.45) is 0 Å². The summed E-state index contributed by atoms with van der Waals surface area (Å²) in [4.78, 5) is 4.10. The Bertz CT molecular complexity index is 499. The van der Waals surface area contributed by atoms with E-state index in [9.17, 15) is 0 Å². The van der Waals surface area contributed by atoms with Crippen LogP contribution in [0.5, 0.6) is 5.75 Å². The second-order valence-corrected chi connectivity index (χ2v) is 3.54. The number of hydrogen-bond acceptors (Lipinski definition) is 4. The van der Waals surface area contributed by atoms with Gasteiger partial charge in [0, 0.05) is 5.02 Å². The van der Waals surface area contributed by atoms with Crippen LogP contribution in [0.15, 0.2) is 18.2 Å². The van der Waals surface area contributed by atoms with Gasteiger partial charge in [-0.2, -0.15) is 5.10 Å². The Balaban J connectivity index is 2.46. The monoisotopic (exact) mass is 239 g/mol. The quantitative estimate of drug-likeness (QED) is 0.854. The van der Waals surface area contributed by atoms with Crippen molar-refractivity contribution < 1.29 is 9.84 Å². The average molecular weight is 240 g/mol. The van der Waals surface area contributed by atoms with Crippen molar-refractivity contribution in [2.45, 2.75) is 6.61 Å². The zero-order valence-corrected chi connectivity index (χ0v) is 9.32. The molecule has 0 radical (unpaired) electrons. The maximum Gasteiger partial charge on any atom is 0.184 e. The van der Waals surface area contributed by atoms with E-state index in [0.29, 0.717) is 22.4 Å². The minimum atomic E-state index is -0.178. The second kappa shape index (κ2) is 4.51. The van der Waals surface area contributed by atoms with Crippen molar-refractivity contribution in [3.63, 3.8) is 0 Å². The summed E-state index contributed by atoms with van der Waals surface area (Å²) in [6.07, 6.45) is 0. The molecule has 84 valence electrons. The average Bonchev–Trinajstić information content (AvgIpc) is 2.77. The SMILES string of the molecule is COc1cc(Cl)ccc1-c1n[nH]c(CO)n1. The maximum atomic E-state index is 8.88. The highest BCUT2D eigenvalue weighted by Crippen LogP contribution is 2.29. The lowest BCUT2D eigenvalue weighted by atomic mass is 10.2. The summed E-state index contributed by atoms with van der Waals surface area (Å²) < 4.78 is 5.18. The van der Waals surface area contributed by atoms with Crippen LogP contribution >= 0.6 is 11.6 Å². The van der Waals surface area contributed by atoms with Crippen LogP contribution in [0.25, 0.3) is 11.4 Å². The minimum Gasteiger partial charge on any atom is -0.496 e. The van der Waals surface area contributed by atoms with Gasteiger partial charge in [-0.05, 0) is 18.2 Å². The van der Waals surface area contributed by atoms with Gasteiger partial charge in [0.15, 0.2) is 11.6 Å². The molecule has 0 atom stereocenters. The Morgan fingerprint density at radius 1 is 1.50 bits per heavy atom. The molecule has 0 saturated carbocycles. The highest BCUT2D eigenvalue weighted by Gasteiger charge is 2.11. The number of methoxy groups -OCH3 is 1. The first-order valence-electron chi connectivity index (χ1n) is 4.60. The summed E-state index contributed by atoms with van der Waals surface area (Å²) in [5.41, 5.74) is 0.725. The van der Waals surface area contributed by atoms with E-state index < -0.39 is 0 Å². The molecule has 0 bridgehead atoms. The Labute approximate surface area is 97.0 Å². The molecule has 6 heteroatoms. The van der Waals surface area contributed by atoms with E-state index in [2.05, 4.69) is 15.2 Å². The Morgan fingerprint density at radius 3 is 2.94 bits per heavy atom. The molecule has 2 aromatic rings. The number of aliphatic hydroxyl groups excluding tert-OH is 1. The third kappa shape index (κ3) is 2.00. The molecule has 0 unspecified atom stereocenters. The van der Waals surface area contributed by atoms with Crippen LogP contribution in [0.3, 0.4) is 0 Å². The number of nitrogens with one attached hydrogen (secondary N) is 1. The van der Waals surface area contributed by atoms with E-state index in [4.69, 9.17) is 21.4 Å². The molecule has 2 N–H and O–H groups in total. The molecule has 0 saturated heterocycles. The van der Waals surface area contributed by atoms with Crippen LogP contribution in [-0.4, -0.2) is 27.4 Å². The molecule has 1 aromatic carbocycles. The lowest BCUT2D eigenvalue weighted by molar-refractivity contribution is 0.272. The van der Waals surface area contributed by atoms with Crippen molar-refractivity contribution in [1.82, 2.24) is 15.2 Å². The summed E-state index contributed by atoms with van der Waals surface area (Å²) in [7, 11) is 1.55. The molecule has 0 aliphatic carbocycles. The van der Waals surface area contributed by atoms with Crippen molar-refractivity contribution in [2.75, 3.05) is 7.11 Å². The molecular formula is C10H10ClN3O2. The number of aromatic nitrogens is 3. The smallest absolute Gasteiger partial charge is 0.184 e. The predicted octanol–water partition coefficient (Wildman–Crippen LogP) is 1.63. The van der Waals surface area contributed by atoms with Gasteiger partial charge in [-0.15, -0.1) is 0 Å². The first kappa shape index (κ1) is 10.9. The van der Waals surface area contributed by atoms with Gasteiger partial charge in [-0.1, -0.05) is 11.6 Å². The number of ether oxygens (including phenoxy) is 1. The number of nitrogens with zero attached hydrogens (tertiary/aromatic N) is 2.